The van der Waals surface area contributed by atoms with Gasteiger partial charge in [-0.3, -0.25) is 14.4 Å². The molecule has 0 fully saturated rings. The van der Waals surface area contributed by atoms with E-state index in [2.05, 4.69) is 31.9 Å². The molecule has 0 aliphatic heterocycles. The summed E-state index contributed by atoms with van der Waals surface area (Å²) in [5.74, 6) is -1.78. The third-order valence-corrected chi connectivity index (χ3v) is 7.28. The minimum absolute atomic E-state index is 0.115. The highest BCUT2D eigenvalue weighted by atomic mass is 79.9. The van der Waals surface area contributed by atoms with Gasteiger partial charge in [-0.1, -0.05) is 52.3 Å². The first-order valence-corrected chi connectivity index (χ1v) is 13.9. The van der Waals surface area contributed by atoms with Crippen LogP contribution in [0, 0.1) is 5.82 Å². The number of anilines is 2. The summed E-state index contributed by atoms with van der Waals surface area (Å²) in [5, 5.41) is 7.85. The van der Waals surface area contributed by atoms with Crippen LogP contribution in [0.15, 0.2) is 118 Å². The predicted octanol–water partition coefficient (Wildman–Crippen LogP) is 7.12. The van der Waals surface area contributed by atoms with Crippen molar-refractivity contribution in [3.8, 4) is 0 Å². The zero-order chi connectivity index (χ0) is 28.5. The van der Waals surface area contributed by atoms with Gasteiger partial charge in [0.05, 0.1) is 5.25 Å². The quantitative estimate of drug-likeness (QED) is 0.138. The Kier molecular flexibility index (Phi) is 9.88. The monoisotopic (exact) mass is 617 g/mol. The fourth-order valence-corrected chi connectivity index (χ4v) is 4.67. The van der Waals surface area contributed by atoms with E-state index in [1.807, 2.05) is 31.2 Å². The second-order valence-corrected chi connectivity index (χ2v) is 11.0. The van der Waals surface area contributed by atoms with Gasteiger partial charge in [0, 0.05) is 31.9 Å². The number of nitrogens with one attached hydrogen (secondary N) is 3. The lowest BCUT2D eigenvalue weighted by molar-refractivity contribution is -0.115. The van der Waals surface area contributed by atoms with E-state index in [1.54, 1.807) is 66.7 Å². The molecule has 0 saturated carbocycles. The summed E-state index contributed by atoms with van der Waals surface area (Å²) in [6.45, 7) is 1.81. The van der Waals surface area contributed by atoms with Gasteiger partial charge in [0.25, 0.3) is 11.8 Å². The molecule has 4 aromatic carbocycles. The summed E-state index contributed by atoms with van der Waals surface area (Å²) in [6, 6.07) is 28.7. The molecule has 9 heteroatoms. The first kappa shape index (κ1) is 28.8. The second-order valence-electron chi connectivity index (χ2n) is 8.63. The maximum atomic E-state index is 14.3. The van der Waals surface area contributed by atoms with Crippen molar-refractivity contribution in [2.45, 2.75) is 17.1 Å². The van der Waals surface area contributed by atoms with Crippen molar-refractivity contribution < 1.29 is 18.8 Å². The van der Waals surface area contributed by atoms with Crippen molar-refractivity contribution in [1.82, 2.24) is 5.32 Å². The standard InChI is InChI=1S/C31H25BrFN3O3S/c1-20(29(37)34-24-13-11-23(32)12-14-24)40-26-17-15-25(16-18-26)35-31(39)28(19-22-9-5-6-10-27(22)33)36-30(38)21-7-3-2-4-8-21/h2-20H,1H3,(H,34,37)(H,35,39)(H,36,38)/b28-19-. The Bertz CT molecular complexity index is 1530. The van der Waals surface area contributed by atoms with E-state index >= 15 is 0 Å². The van der Waals surface area contributed by atoms with E-state index in [0.717, 1.165) is 9.37 Å². The number of thioether (sulfide) groups is 1. The first-order chi connectivity index (χ1) is 19.3. The van der Waals surface area contributed by atoms with Gasteiger partial charge in [0.2, 0.25) is 5.91 Å². The van der Waals surface area contributed by atoms with Crippen LogP contribution < -0.4 is 16.0 Å². The summed E-state index contributed by atoms with van der Waals surface area (Å²) in [7, 11) is 0. The summed E-state index contributed by atoms with van der Waals surface area (Å²) >= 11 is 4.74. The maximum Gasteiger partial charge on any atom is 0.272 e. The van der Waals surface area contributed by atoms with Crippen LogP contribution in [-0.2, 0) is 9.59 Å². The molecule has 0 heterocycles. The first-order valence-electron chi connectivity index (χ1n) is 12.3. The SMILES string of the molecule is CC(Sc1ccc(NC(=O)/C(=C/c2ccccc2F)NC(=O)c2ccccc2)cc1)C(=O)Nc1ccc(Br)cc1. The molecule has 1 unspecified atom stereocenters. The molecule has 1 atom stereocenters. The molecule has 0 aliphatic carbocycles. The third-order valence-electron chi connectivity index (χ3n) is 5.64. The van der Waals surface area contributed by atoms with E-state index < -0.39 is 17.6 Å². The van der Waals surface area contributed by atoms with Gasteiger partial charge in [-0.05, 0) is 79.7 Å². The Morgan fingerprint density at radius 3 is 2.08 bits per heavy atom. The smallest absolute Gasteiger partial charge is 0.272 e. The molecule has 0 aromatic heterocycles. The molecule has 0 saturated heterocycles. The normalized spacial score (nSPS) is 11.8. The zero-order valence-electron chi connectivity index (χ0n) is 21.4. The van der Waals surface area contributed by atoms with Crippen molar-refractivity contribution in [3.63, 3.8) is 0 Å². The molecule has 6 nitrogen and oxygen atoms in total. The topological polar surface area (TPSA) is 87.3 Å². The molecule has 3 N–H and O–H groups in total. The molecule has 0 radical (unpaired) electrons. The number of carbonyl (C=O) groups excluding carboxylic acids is 3. The molecular weight excluding hydrogens is 593 g/mol. The lowest BCUT2D eigenvalue weighted by Crippen LogP contribution is -2.30. The fraction of sp³-hybridized carbons (Fsp3) is 0.0645. The largest absolute Gasteiger partial charge is 0.325 e. The van der Waals surface area contributed by atoms with Crippen molar-refractivity contribution in [2.24, 2.45) is 0 Å². The number of amides is 3. The number of halogens is 2. The van der Waals surface area contributed by atoms with Gasteiger partial charge in [-0.15, -0.1) is 11.8 Å². The van der Waals surface area contributed by atoms with Crippen molar-refractivity contribution in [3.05, 3.63) is 130 Å². The highest BCUT2D eigenvalue weighted by Crippen LogP contribution is 2.26. The van der Waals surface area contributed by atoms with Crippen LogP contribution >= 0.6 is 27.7 Å². The Hall–Kier alpha value is -4.21. The van der Waals surface area contributed by atoms with E-state index in [-0.39, 0.29) is 22.4 Å². The summed E-state index contributed by atoms with van der Waals surface area (Å²) in [5.41, 5.74) is 1.57. The van der Waals surface area contributed by atoms with Crippen LogP contribution in [0.1, 0.15) is 22.8 Å². The molecule has 3 amide bonds. The molecule has 4 aromatic rings. The molecule has 0 bridgehead atoms. The van der Waals surface area contributed by atoms with Crippen LogP contribution in [-0.4, -0.2) is 23.0 Å². The van der Waals surface area contributed by atoms with E-state index in [9.17, 15) is 18.8 Å². The fourth-order valence-electron chi connectivity index (χ4n) is 3.54. The number of hydrogen-bond donors (Lipinski definition) is 3. The lowest BCUT2D eigenvalue weighted by atomic mass is 10.1. The number of rotatable bonds is 9. The van der Waals surface area contributed by atoms with E-state index in [4.69, 9.17) is 0 Å². The Balaban J connectivity index is 1.43. The van der Waals surface area contributed by atoms with Crippen LogP contribution in [0.5, 0.6) is 0 Å². The van der Waals surface area contributed by atoms with Gasteiger partial charge in [-0.25, -0.2) is 4.39 Å². The minimum atomic E-state index is -0.616. The van der Waals surface area contributed by atoms with Gasteiger partial charge < -0.3 is 16.0 Å². The van der Waals surface area contributed by atoms with Crippen LogP contribution in [0.2, 0.25) is 0 Å². The van der Waals surface area contributed by atoms with E-state index in [0.29, 0.717) is 16.9 Å². The molecule has 0 spiro atoms. The molecule has 4 rings (SSSR count). The molecule has 202 valence electrons. The van der Waals surface area contributed by atoms with E-state index in [1.165, 1.54) is 30.0 Å². The Morgan fingerprint density at radius 1 is 0.800 bits per heavy atom. The minimum Gasteiger partial charge on any atom is -0.325 e. The maximum absolute atomic E-state index is 14.3. The highest BCUT2D eigenvalue weighted by molar-refractivity contribution is 9.10. The molecule has 0 aliphatic rings. The zero-order valence-corrected chi connectivity index (χ0v) is 23.8. The number of carbonyl (C=O) groups is 3. The summed E-state index contributed by atoms with van der Waals surface area (Å²) in [6.07, 6.45) is 1.29. The summed E-state index contributed by atoms with van der Waals surface area (Å²) in [4.78, 5) is 39.3. The third kappa shape index (κ3) is 8.14. The lowest BCUT2D eigenvalue weighted by Gasteiger charge is -2.14. The van der Waals surface area contributed by atoms with Crippen LogP contribution in [0.4, 0.5) is 15.8 Å². The van der Waals surface area contributed by atoms with Crippen molar-refractivity contribution >= 4 is 62.9 Å². The second kappa shape index (κ2) is 13.7. The van der Waals surface area contributed by atoms with Gasteiger partial charge in [-0.2, -0.15) is 0 Å². The van der Waals surface area contributed by atoms with Gasteiger partial charge >= 0.3 is 0 Å². The summed E-state index contributed by atoms with van der Waals surface area (Å²) < 4.78 is 15.2. The van der Waals surface area contributed by atoms with Crippen molar-refractivity contribution in [1.29, 1.82) is 0 Å². The van der Waals surface area contributed by atoms with Crippen molar-refractivity contribution in [2.75, 3.05) is 10.6 Å². The predicted molar refractivity (Wildman–Crippen MR) is 161 cm³/mol. The van der Waals surface area contributed by atoms with Gasteiger partial charge in [0.15, 0.2) is 0 Å². The Labute approximate surface area is 244 Å². The average Bonchev–Trinajstić information content (AvgIpc) is 2.96. The molecule has 40 heavy (non-hydrogen) atoms. The van der Waals surface area contributed by atoms with Gasteiger partial charge in [0.1, 0.15) is 11.5 Å². The average molecular weight is 619 g/mol. The van der Waals surface area contributed by atoms with Crippen LogP contribution in [0.25, 0.3) is 6.08 Å². The highest BCUT2D eigenvalue weighted by Gasteiger charge is 2.17. The number of hydrogen-bond acceptors (Lipinski definition) is 4. The van der Waals surface area contributed by atoms with Crippen LogP contribution in [0.3, 0.4) is 0 Å². The Morgan fingerprint density at radius 2 is 1.40 bits per heavy atom. The molecular formula is C31H25BrFN3O3S. The number of benzene rings is 4.